The van der Waals surface area contributed by atoms with Crippen LogP contribution in [0.4, 0.5) is 0 Å². The van der Waals surface area contributed by atoms with E-state index < -0.39 is 0 Å². The molecule has 0 saturated heterocycles. The Labute approximate surface area is 176 Å². The van der Waals surface area contributed by atoms with Gasteiger partial charge in [0, 0.05) is 43.9 Å². The number of pyridine rings is 1. The number of amides is 1. The van der Waals surface area contributed by atoms with Gasteiger partial charge in [0.05, 0.1) is 18.3 Å². The first-order chi connectivity index (χ1) is 14.4. The van der Waals surface area contributed by atoms with E-state index >= 15 is 0 Å². The molecule has 0 aliphatic carbocycles. The predicted octanol–water partition coefficient (Wildman–Crippen LogP) is 3.23. The molecule has 156 valence electrons. The third-order valence-corrected chi connectivity index (χ3v) is 5.12. The number of nitrogens with zero attached hydrogens (tertiary/aromatic N) is 4. The lowest BCUT2D eigenvalue weighted by molar-refractivity contribution is -0.117. The van der Waals surface area contributed by atoms with Crippen LogP contribution >= 0.6 is 0 Å². The van der Waals surface area contributed by atoms with E-state index in [0.717, 1.165) is 28.3 Å². The highest BCUT2D eigenvalue weighted by molar-refractivity contribution is 6.01. The topological polar surface area (TPSA) is 84.3 Å². The maximum Gasteiger partial charge on any atom is 0.261 e. The van der Waals surface area contributed by atoms with E-state index in [9.17, 15) is 10.1 Å². The second-order valence-electron chi connectivity index (χ2n) is 7.37. The predicted molar refractivity (Wildman–Crippen MR) is 116 cm³/mol. The summed E-state index contributed by atoms with van der Waals surface area (Å²) in [7, 11) is 1.68. The molecule has 0 saturated carbocycles. The van der Waals surface area contributed by atoms with Gasteiger partial charge < -0.3 is 19.0 Å². The van der Waals surface area contributed by atoms with Crippen LogP contribution in [0.2, 0.25) is 0 Å². The molecule has 1 amide bonds. The molecule has 0 spiro atoms. The van der Waals surface area contributed by atoms with Crippen LogP contribution in [0.3, 0.4) is 0 Å². The van der Waals surface area contributed by atoms with Gasteiger partial charge in [-0.1, -0.05) is 6.07 Å². The standard InChI is InChI=1S/C23H27N5O2/c1-16-11-19(18(3)28(16)17(2)15-30-4)12-20(13-24)23(29)25-9-8-21-14-27-10-6-5-7-22(27)26-21/h5-7,10-12,14,17H,8-9,15H2,1-4H3,(H,25,29)/b20-12+. The molecule has 7 heteroatoms. The lowest BCUT2D eigenvalue weighted by Gasteiger charge is -2.17. The van der Waals surface area contributed by atoms with E-state index in [1.165, 1.54) is 0 Å². The number of carbonyl (C=O) groups excluding carboxylic acids is 1. The summed E-state index contributed by atoms with van der Waals surface area (Å²) in [6.45, 7) is 7.08. The largest absolute Gasteiger partial charge is 0.383 e. The van der Waals surface area contributed by atoms with Crippen LogP contribution in [0.15, 0.2) is 42.2 Å². The molecule has 0 radical (unpaired) electrons. The molecule has 0 aliphatic rings. The van der Waals surface area contributed by atoms with Gasteiger partial charge in [-0.25, -0.2) is 4.98 Å². The Morgan fingerprint density at radius 1 is 1.40 bits per heavy atom. The molecule has 1 N–H and O–H groups in total. The summed E-state index contributed by atoms with van der Waals surface area (Å²) in [6.07, 6.45) is 6.12. The van der Waals surface area contributed by atoms with E-state index in [1.54, 1.807) is 13.2 Å². The van der Waals surface area contributed by atoms with Crippen molar-refractivity contribution in [3.63, 3.8) is 0 Å². The van der Waals surface area contributed by atoms with Gasteiger partial charge in [0.15, 0.2) is 0 Å². The molecule has 3 rings (SSSR count). The number of nitriles is 1. The highest BCUT2D eigenvalue weighted by Crippen LogP contribution is 2.22. The number of fused-ring (bicyclic) bond motifs is 1. The van der Waals surface area contributed by atoms with Gasteiger partial charge in [0.25, 0.3) is 5.91 Å². The number of aromatic nitrogens is 3. The minimum atomic E-state index is -0.379. The van der Waals surface area contributed by atoms with Crippen LogP contribution in [-0.4, -0.2) is 40.1 Å². The molecule has 1 unspecified atom stereocenters. The van der Waals surface area contributed by atoms with Gasteiger partial charge in [-0.3, -0.25) is 4.79 Å². The molecule has 3 aromatic rings. The molecule has 0 bridgehead atoms. The van der Waals surface area contributed by atoms with Gasteiger partial charge in [0.2, 0.25) is 0 Å². The highest BCUT2D eigenvalue weighted by Gasteiger charge is 2.15. The smallest absolute Gasteiger partial charge is 0.261 e. The third kappa shape index (κ3) is 4.61. The monoisotopic (exact) mass is 405 g/mol. The minimum Gasteiger partial charge on any atom is -0.383 e. The number of aryl methyl sites for hydroxylation is 1. The normalized spacial score (nSPS) is 12.7. The van der Waals surface area contributed by atoms with E-state index in [2.05, 4.69) is 21.8 Å². The number of hydrogen-bond donors (Lipinski definition) is 1. The van der Waals surface area contributed by atoms with Crippen LogP contribution in [-0.2, 0) is 16.0 Å². The quantitative estimate of drug-likeness (QED) is 0.461. The number of ether oxygens (including phenoxy) is 1. The Morgan fingerprint density at radius 3 is 2.90 bits per heavy atom. The van der Waals surface area contributed by atoms with Gasteiger partial charge in [-0.05, 0) is 50.6 Å². The van der Waals surface area contributed by atoms with Crippen molar-refractivity contribution in [1.82, 2.24) is 19.3 Å². The molecule has 3 aromatic heterocycles. The molecule has 0 aromatic carbocycles. The second kappa shape index (κ2) is 9.42. The van der Waals surface area contributed by atoms with Crippen molar-refractivity contribution in [2.24, 2.45) is 0 Å². The van der Waals surface area contributed by atoms with Crippen LogP contribution in [0, 0.1) is 25.2 Å². The molecule has 30 heavy (non-hydrogen) atoms. The molecule has 0 fully saturated rings. The first-order valence-corrected chi connectivity index (χ1v) is 9.94. The summed E-state index contributed by atoms with van der Waals surface area (Å²) in [4.78, 5) is 17.0. The lowest BCUT2D eigenvalue weighted by Crippen LogP contribution is -2.26. The van der Waals surface area contributed by atoms with E-state index in [4.69, 9.17) is 4.74 Å². The van der Waals surface area contributed by atoms with Gasteiger partial charge in [-0.2, -0.15) is 5.26 Å². The van der Waals surface area contributed by atoms with Crippen LogP contribution in [0.1, 0.15) is 35.6 Å². The van der Waals surface area contributed by atoms with Crippen LogP contribution in [0.5, 0.6) is 0 Å². The summed E-state index contributed by atoms with van der Waals surface area (Å²) < 4.78 is 9.36. The Kier molecular flexibility index (Phi) is 6.70. The Balaban J connectivity index is 1.67. The van der Waals surface area contributed by atoms with Gasteiger partial charge >= 0.3 is 0 Å². The van der Waals surface area contributed by atoms with Gasteiger partial charge in [0.1, 0.15) is 17.3 Å². The average molecular weight is 406 g/mol. The molecule has 1 atom stereocenters. The van der Waals surface area contributed by atoms with Crippen molar-refractivity contribution < 1.29 is 9.53 Å². The Bertz CT molecular complexity index is 1080. The first-order valence-electron chi connectivity index (χ1n) is 9.94. The zero-order valence-corrected chi connectivity index (χ0v) is 17.8. The zero-order valence-electron chi connectivity index (χ0n) is 17.8. The number of carbonyl (C=O) groups is 1. The summed E-state index contributed by atoms with van der Waals surface area (Å²) in [5.41, 5.74) is 4.77. The third-order valence-electron chi connectivity index (χ3n) is 5.12. The highest BCUT2D eigenvalue weighted by atomic mass is 16.5. The van der Waals surface area contributed by atoms with Crippen molar-refractivity contribution in [1.29, 1.82) is 5.26 Å². The SMILES string of the molecule is COCC(C)n1c(C)cc(/C=C(\C#N)C(=O)NCCc2cn3ccccc3n2)c1C. The zero-order chi connectivity index (χ0) is 21.7. The summed E-state index contributed by atoms with van der Waals surface area (Å²) in [5, 5.41) is 12.3. The first kappa shape index (κ1) is 21.3. The fourth-order valence-corrected chi connectivity index (χ4v) is 3.75. The number of imidazole rings is 1. The molecular weight excluding hydrogens is 378 g/mol. The van der Waals surface area contributed by atoms with Crippen molar-refractivity contribution >= 4 is 17.6 Å². The summed E-state index contributed by atoms with van der Waals surface area (Å²) in [5.74, 6) is -0.379. The Hall–Kier alpha value is -3.37. The maximum absolute atomic E-state index is 12.5. The minimum absolute atomic E-state index is 0.0876. The van der Waals surface area contributed by atoms with Crippen molar-refractivity contribution in [3.05, 3.63) is 64.9 Å². The van der Waals surface area contributed by atoms with Crippen LogP contribution in [0.25, 0.3) is 11.7 Å². The van der Waals surface area contributed by atoms with E-state index in [-0.39, 0.29) is 17.5 Å². The summed E-state index contributed by atoms with van der Waals surface area (Å²) >= 11 is 0. The van der Waals surface area contributed by atoms with Crippen LogP contribution < -0.4 is 5.32 Å². The number of methoxy groups -OCH3 is 1. The van der Waals surface area contributed by atoms with Gasteiger partial charge in [-0.15, -0.1) is 0 Å². The van der Waals surface area contributed by atoms with E-state index in [1.807, 2.05) is 61.0 Å². The molecule has 0 aliphatic heterocycles. The number of hydrogen-bond acceptors (Lipinski definition) is 4. The van der Waals surface area contributed by atoms with Crippen molar-refractivity contribution in [2.45, 2.75) is 33.2 Å². The molecular formula is C23H27N5O2. The maximum atomic E-state index is 12.5. The van der Waals surface area contributed by atoms with E-state index in [0.29, 0.717) is 19.6 Å². The molecule has 7 nitrogen and oxygen atoms in total. The molecule has 3 heterocycles. The Morgan fingerprint density at radius 2 is 2.20 bits per heavy atom. The van der Waals surface area contributed by atoms with Crippen molar-refractivity contribution in [2.75, 3.05) is 20.3 Å². The fourth-order valence-electron chi connectivity index (χ4n) is 3.75. The fraction of sp³-hybridized carbons (Fsp3) is 0.348. The second-order valence-corrected chi connectivity index (χ2v) is 7.37. The lowest BCUT2D eigenvalue weighted by atomic mass is 10.1. The van der Waals surface area contributed by atoms with Crippen molar-refractivity contribution in [3.8, 4) is 6.07 Å². The number of nitrogens with one attached hydrogen (secondary N) is 1. The average Bonchev–Trinajstić information content (AvgIpc) is 3.25. The summed E-state index contributed by atoms with van der Waals surface area (Å²) in [6, 6.07) is 9.99. The number of rotatable bonds is 8.